The molecular weight excluding hydrogens is 471 g/mol. The highest BCUT2D eigenvalue weighted by molar-refractivity contribution is 7.92. The maximum absolute atomic E-state index is 12.7. The van der Waals surface area contributed by atoms with E-state index in [1.54, 1.807) is 49.4 Å². The van der Waals surface area contributed by atoms with Gasteiger partial charge >= 0.3 is 0 Å². The molecule has 0 aliphatic rings. The number of benzene rings is 3. The summed E-state index contributed by atoms with van der Waals surface area (Å²) in [5, 5.41) is 3.68. The van der Waals surface area contributed by atoms with Gasteiger partial charge in [-0.2, -0.15) is 0 Å². The Labute approximate surface area is 197 Å². The number of rotatable bonds is 8. The fraction of sp³-hybridized carbons (Fsp3) is 0.174. The van der Waals surface area contributed by atoms with Gasteiger partial charge in [0.05, 0.1) is 10.6 Å². The first-order valence-corrected chi connectivity index (χ1v) is 12.0. The SMILES string of the molecule is CC[C@@H](Oc1cccc(Cl)c1)C(=O)Nc1ccc(S(=O)(=O)Nc2cc(Cl)ccc2C)cc1. The van der Waals surface area contributed by atoms with Gasteiger partial charge in [-0.15, -0.1) is 0 Å². The molecule has 0 unspecified atom stereocenters. The van der Waals surface area contributed by atoms with Gasteiger partial charge in [-0.3, -0.25) is 9.52 Å². The first-order valence-electron chi connectivity index (χ1n) is 9.80. The van der Waals surface area contributed by atoms with Gasteiger partial charge in [0.25, 0.3) is 15.9 Å². The van der Waals surface area contributed by atoms with Crippen molar-refractivity contribution in [2.24, 2.45) is 0 Å². The minimum atomic E-state index is -3.82. The maximum Gasteiger partial charge on any atom is 0.265 e. The first kappa shape index (κ1) is 23.9. The van der Waals surface area contributed by atoms with Gasteiger partial charge in [0.15, 0.2) is 6.10 Å². The highest BCUT2D eigenvalue weighted by Crippen LogP contribution is 2.24. The maximum atomic E-state index is 12.7. The lowest BCUT2D eigenvalue weighted by Crippen LogP contribution is -2.32. The Hall–Kier alpha value is -2.74. The van der Waals surface area contributed by atoms with Gasteiger partial charge in [-0.05, 0) is 73.5 Å². The van der Waals surface area contributed by atoms with E-state index < -0.39 is 16.1 Å². The van der Waals surface area contributed by atoms with Gasteiger partial charge in [-0.1, -0.05) is 42.3 Å². The van der Waals surface area contributed by atoms with E-state index in [1.165, 1.54) is 24.3 Å². The molecule has 1 amide bonds. The minimum Gasteiger partial charge on any atom is -0.481 e. The zero-order valence-electron chi connectivity index (χ0n) is 17.4. The Balaban J connectivity index is 1.69. The standard InChI is InChI=1S/C23H22Cl2N2O4S/c1-3-22(31-19-6-4-5-16(24)13-19)23(28)26-18-9-11-20(12-10-18)32(29,30)27-21-14-17(25)8-7-15(21)2/h4-14,22,27H,3H2,1-2H3,(H,26,28)/t22-/m1/s1. The molecule has 0 radical (unpaired) electrons. The van der Waals surface area contributed by atoms with E-state index in [4.69, 9.17) is 27.9 Å². The van der Waals surface area contributed by atoms with Crippen LogP contribution in [0, 0.1) is 6.92 Å². The van der Waals surface area contributed by atoms with E-state index in [0.717, 1.165) is 5.56 Å². The second-order valence-corrected chi connectivity index (χ2v) is 9.61. The molecule has 0 aliphatic carbocycles. The van der Waals surface area contributed by atoms with Crippen molar-refractivity contribution < 1.29 is 17.9 Å². The number of hydrogen-bond donors (Lipinski definition) is 2. The molecule has 0 fully saturated rings. The van der Waals surface area contributed by atoms with Crippen LogP contribution in [0.25, 0.3) is 0 Å². The number of carbonyl (C=O) groups excluding carboxylic acids is 1. The van der Waals surface area contributed by atoms with Crippen LogP contribution >= 0.6 is 23.2 Å². The lowest BCUT2D eigenvalue weighted by molar-refractivity contribution is -0.122. The van der Waals surface area contributed by atoms with E-state index >= 15 is 0 Å². The molecular formula is C23H22Cl2N2O4S. The number of amides is 1. The van der Waals surface area contributed by atoms with Crippen LogP contribution in [0.15, 0.2) is 71.6 Å². The summed E-state index contributed by atoms with van der Waals surface area (Å²) in [6.07, 6.45) is -0.294. The lowest BCUT2D eigenvalue weighted by Gasteiger charge is -2.17. The van der Waals surface area contributed by atoms with Crippen molar-refractivity contribution in [2.75, 3.05) is 10.0 Å². The van der Waals surface area contributed by atoms with Crippen LogP contribution in [-0.4, -0.2) is 20.4 Å². The third-order valence-corrected chi connectivity index (χ3v) is 6.47. The van der Waals surface area contributed by atoms with Gasteiger partial charge < -0.3 is 10.1 Å². The number of nitrogens with one attached hydrogen (secondary N) is 2. The third-order valence-electron chi connectivity index (χ3n) is 4.61. The molecule has 3 rings (SSSR count). The van der Waals surface area contributed by atoms with Crippen LogP contribution in [0.1, 0.15) is 18.9 Å². The van der Waals surface area contributed by atoms with Crippen molar-refractivity contribution >= 4 is 50.5 Å². The molecule has 0 bridgehead atoms. The Morgan fingerprint density at radius 2 is 1.69 bits per heavy atom. The second-order valence-electron chi connectivity index (χ2n) is 7.05. The summed E-state index contributed by atoms with van der Waals surface area (Å²) in [4.78, 5) is 12.7. The summed E-state index contributed by atoms with van der Waals surface area (Å²) in [6.45, 7) is 3.61. The van der Waals surface area contributed by atoms with Crippen molar-refractivity contribution in [1.82, 2.24) is 0 Å². The molecule has 0 heterocycles. The molecule has 0 spiro atoms. The van der Waals surface area contributed by atoms with Gasteiger partial charge in [0.1, 0.15) is 5.75 Å². The smallest absolute Gasteiger partial charge is 0.265 e. The number of halogens is 2. The van der Waals surface area contributed by atoms with Crippen molar-refractivity contribution in [1.29, 1.82) is 0 Å². The lowest BCUT2D eigenvalue weighted by atomic mass is 10.2. The highest BCUT2D eigenvalue weighted by atomic mass is 35.5. The minimum absolute atomic E-state index is 0.0529. The summed E-state index contributed by atoms with van der Waals surface area (Å²) < 4.78 is 33.7. The molecule has 168 valence electrons. The number of hydrogen-bond acceptors (Lipinski definition) is 4. The van der Waals surface area contributed by atoms with Crippen molar-refractivity contribution in [3.05, 3.63) is 82.3 Å². The molecule has 32 heavy (non-hydrogen) atoms. The van der Waals surface area contributed by atoms with Crippen LogP contribution in [0.5, 0.6) is 5.75 Å². The Bertz CT molecular complexity index is 1210. The fourth-order valence-electron chi connectivity index (χ4n) is 2.87. The summed E-state index contributed by atoms with van der Waals surface area (Å²) in [5.41, 5.74) is 1.59. The topological polar surface area (TPSA) is 84.5 Å². The molecule has 3 aromatic rings. The zero-order valence-corrected chi connectivity index (χ0v) is 19.8. The predicted octanol–water partition coefficient (Wildman–Crippen LogP) is 5.90. The molecule has 6 nitrogen and oxygen atoms in total. The molecule has 0 saturated heterocycles. The van der Waals surface area contributed by atoms with E-state index in [1.807, 2.05) is 6.92 Å². The number of aryl methyl sites for hydroxylation is 1. The summed E-state index contributed by atoms with van der Waals surface area (Å²) in [7, 11) is -3.82. The van der Waals surface area contributed by atoms with E-state index in [-0.39, 0.29) is 10.8 Å². The Morgan fingerprint density at radius 3 is 2.34 bits per heavy atom. The van der Waals surface area contributed by atoms with Gasteiger partial charge in [0.2, 0.25) is 0 Å². The van der Waals surface area contributed by atoms with Crippen molar-refractivity contribution in [3.8, 4) is 5.75 Å². The van der Waals surface area contributed by atoms with E-state index in [9.17, 15) is 13.2 Å². The molecule has 3 aromatic carbocycles. The third kappa shape index (κ3) is 6.16. The van der Waals surface area contributed by atoms with Crippen LogP contribution in [-0.2, 0) is 14.8 Å². The molecule has 0 aliphatic heterocycles. The predicted molar refractivity (Wildman–Crippen MR) is 128 cm³/mol. The summed E-state index contributed by atoms with van der Waals surface area (Å²) in [6, 6.07) is 17.6. The monoisotopic (exact) mass is 492 g/mol. The number of carbonyl (C=O) groups is 1. The average molecular weight is 493 g/mol. The van der Waals surface area contributed by atoms with Crippen molar-refractivity contribution in [3.63, 3.8) is 0 Å². The Morgan fingerprint density at radius 1 is 1.00 bits per heavy atom. The summed E-state index contributed by atoms with van der Waals surface area (Å²) >= 11 is 11.9. The molecule has 0 saturated carbocycles. The van der Waals surface area contributed by atoms with E-state index in [2.05, 4.69) is 10.0 Å². The van der Waals surface area contributed by atoms with Crippen LogP contribution in [0.3, 0.4) is 0 Å². The van der Waals surface area contributed by atoms with E-state index in [0.29, 0.717) is 33.6 Å². The molecule has 2 N–H and O–H groups in total. The quantitative estimate of drug-likeness (QED) is 0.409. The normalized spacial score (nSPS) is 12.1. The highest BCUT2D eigenvalue weighted by Gasteiger charge is 2.20. The van der Waals surface area contributed by atoms with Gasteiger partial charge in [-0.25, -0.2) is 8.42 Å². The molecule has 1 atom stereocenters. The van der Waals surface area contributed by atoms with Gasteiger partial charge in [0, 0.05) is 15.7 Å². The molecule has 0 aromatic heterocycles. The number of sulfonamides is 1. The largest absolute Gasteiger partial charge is 0.481 e. The second kappa shape index (κ2) is 10.3. The van der Waals surface area contributed by atoms with Crippen LogP contribution in [0.4, 0.5) is 11.4 Å². The zero-order chi connectivity index (χ0) is 23.3. The van der Waals surface area contributed by atoms with Crippen LogP contribution in [0.2, 0.25) is 10.0 Å². The fourth-order valence-corrected chi connectivity index (χ4v) is 4.35. The first-order chi connectivity index (χ1) is 15.2. The number of anilines is 2. The Kier molecular flexibility index (Phi) is 7.66. The van der Waals surface area contributed by atoms with Crippen LogP contribution < -0.4 is 14.8 Å². The number of ether oxygens (including phenoxy) is 1. The molecule has 9 heteroatoms. The van der Waals surface area contributed by atoms with Crippen molar-refractivity contribution in [2.45, 2.75) is 31.3 Å². The average Bonchev–Trinajstić information content (AvgIpc) is 2.75. The summed E-state index contributed by atoms with van der Waals surface area (Å²) in [5.74, 6) is 0.138.